The molecule has 4 amide bonds. The van der Waals surface area contributed by atoms with Crippen LogP contribution < -0.4 is 16.4 Å². The minimum atomic E-state index is -0.698. The van der Waals surface area contributed by atoms with Gasteiger partial charge in [0.1, 0.15) is 6.04 Å². The minimum absolute atomic E-state index is 0.173. The molecular formula is C19H24N4O4. The number of nitrogens with one attached hydrogen (secondary N) is 2. The average molecular weight is 372 g/mol. The predicted molar refractivity (Wildman–Crippen MR) is 97.7 cm³/mol. The molecule has 144 valence electrons. The molecule has 27 heavy (non-hydrogen) atoms. The number of carbonyl (C=O) groups is 4. The van der Waals surface area contributed by atoms with Gasteiger partial charge in [0, 0.05) is 36.2 Å². The quantitative estimate of drug-likeness (QED) is 0.642. The summed E-state index contributed by atoms with van der Waals surface area (Å²) in [4.78, 5) is 50.3. The minimum Gasteiger partial charge on any atom is -0.352 e. The van der Waals surface area contributed by atoms with Gasteiger partial charge in [0.2, 0.25) is 11.8 Å². The third kappa shape index (κ3) is 4.00. The number of piperidine rings is 1. The maximum Gasteiger partial charge on any atom is 0.255 e. The lowest BCUT2D eigenvalue weighted by atomic mass is 10.0. The van der Waals surface area contributed by atoms with E-state index in [4.69, 9.17) is 5.73 Å². The molecule has 2 heterocycles. The first-order valence-electron chi connectivity index (χ1n) is 9.01. The normalized spacial score (nSPS) is 19.7. The number of rotatable bonds is 5. The monoisotopic (exact) mass is 372 g/mol. The van der Waals surface area contributed by atoms with Gasteiger partial charge in [-0.2, -0.15) is 0 Å². The zero-order chi connectivity index (χ0) is 19.8. The van der Waals surface area contributed by atoms with Crippen molar-refractivity contribution in [3.63, 3.8) is 0 Å². The van der Waals surface area contributed by atoms with Crippen LogP contribution in [0.25, 0.3) is 0 Å². The van der Waals surface area contributed by atoms with Gasteiger partial charge in [0.25, 0.3) is 11.8 Å². The fraction of sp³-hybridized carbons (Fsp3) is 0.474. The molecular weight excluding hydrogens is 348 g/mol. The molecule has 0 bridgehead atoms. The number of nitrogens with two attached hydrogens (primary N) is 1. The summed E-state index contributed by atoms with van der Waals surface area (Å²) < 4.78 is 0. The van der Waals surface area contributed by atoms with Crippen molar-refractivity contribution in [1.82, 2.24) is 15.5 Å². The maximum atomic E-state index is 12.8. The van der Waals surface area contributed by atoms with Gasteiger partial charge in [-0.05, 0) is 44.4 Å². The van der Waals surface area contributed by atoms with Gasteiger partial charge in [-0.1, -0.05) is 6.07 Å². The first kappa shape index (κ1) is 19.0. The second-order valence-corrected chi connectivity index (χ2v) is 7.73. The van der Waals surface area contributed by atoms with Crippen molar-refractivity contribution in [3.8, 4) is 0 Å². The topological polar surface area (TPSA) is 122 Å². The SMILES string of the molecule is CC(C)(N)CCNC(=O)c1cccc2c1CN(C1CCC(=O)NC1=O)C2=O. The highest BCUT2D eigenvalue weighted by atomic mass is 16.2. The van der Waals surface area contributed by atoms with Crippen LogP contribution >= 0.6 is 0 Å². The van der Waals surface area contributed by atoms with Crippen molar-refractivity contribution in [2.45, 2.75) is 51.2 Å². The number of benzene rings is 1. The Kier molecular flexibility index (Phi) is 5.01. The van der Waals surface area contributed by atoms with E-state index in [0.717, 1.165) is 0 Å². The van der Waals surface area contributed by atoms with Crippen LogP contribution in [0.3, 0.4) is 0 Å². The Morgan fingerprint density at radius 1 is 1.33 bits per heavy atom. The fourth-order valence-corrected chi connectivity index (χ4v) is 3.39. The van der Waals surface area contributed by atoms with Crippen molar-refractivity contribution >= 4 is 23.6 Å². The third-order valence-corrected chi connectivity index (χ3v) is 4.88. The molecule has 8 nitrogen and oxygen atoms in total. The molecule has 1 saturated heterocycles. The molecule has 2 aliphatic heterocycles. The summed E-state index contributed by atoms with van der Waals surface area (Å²) in [6.45, 7) is 4.37. The summed E-state index contributed by atoms with van der Waals surface area (Å²) in [5.74, 6) is -1.36. The van der Waals surface area contributed by atoms with Gasteiger partial charge in [-0.25, -0.2) is 0 Å². The molecule has 1 unspecified atom stereocenters. The first-order chi connectivity index (χ1) is 12.7. The van der Waals surface area contributed by atoms with Crippen LogP contribution in [0, 0.1) is 0 Å². The molecule has 0 aliphatic carbocycles. The second-order valence-electron chi connectivity index (χ2n) is 7.73. The van der Waals surface area contributed by atoms with E-state index in [2.05, 4.69) is 10.6 Å². The number of hydrogen-bond donors (Lipinski definition) is 3. The van der Waals surface area contributed by atoms with E-state index in [-0.39, 0.29) is 42.6 Å². The Morgan fingerprint density at radius 3 is 2.74 bits per heavy atom. The molecule has 0 aromatic heterocycles. The van der Waals surface area contributed by atoms with Crippen LogP contribution in [-0.4, -0.2) is 46.7 Å². The highest BCUT2D eigenvalue weighted by Crippen LogP contribution is 2.29. The van der Waals surface area contributed by atoms with Crippen LogP contribution in [0.4, 0.5) is 0 Å². The zero-order valence-corrected chi connectivity index (χ0v) is 15.5. The van der Waals surface area contributed by atoms with Gasteiger partial charge in [-0.3, -0.25) is 24.5 Å². The second kappa shape index (κ2) is 7.11. The van der Waals surface area contributed by atoms with Gasteiger partial charge in [0.05, 0.1) is 0 Å². The number of carbonyl (C=O) groups excluding carboxylic acids is 4. The summed E-state index contributed by atoms with van der Waals surface area (Å²) in [6.07, 6.45) is 1.10. The lowest BCUT2D eigenvalue weighted by molar-refractivity contribution is -0.136. The van der Waals surface area contributed by atoms with E-state index in [0.29, 0.717) is 29.7 Å². The molecule has 1 aromatic rings. The third-order valence-electron chi connectivity index (χ3n) is 4.88. The number of nitrogens with zero attached hydrogens (tertiary/aromatic N) is 1. The highest BCUT2D eigenvalue weighted by Gasteiger charge is 2.40. The molecule has 8 heteroatoms. The first-order valence-corrected chi connectivity index (χ1v) is 9.01. The summed E-state index contributed by atoms with van der Waals surface area (Å²) in [5.41, 5.74) is 7.00. The standard InChI is InChI=1S/C19H24N4O4/c1-19(2,20)8-9-21-16(25)11-4-3-5-12-13(11)10-23(18(12)27)14-6-7-15(24)22-17(14)26/h3-5,14H,6-10,20H2,1-2H3,(H,21,25)(H,22,24,26). The average Bonchev–Trinajstić information content (AvgIpc) is 2.90. The Labute approximate surface area is 157 Å². The van der Waals surface area contributed by atoms with Crippen molar-refractivity contribution < 1.29 is 19.2 Å². The highest BCUT2D eigenvalue weighted by molar-refractivity contribution is 6.07. The van der Waals surface area contributed by atoms with Crippen LogP contribution in [0.2, 0.25) is 0 Å². The molecule has 1 fully saturated rings. The molecule has 1 atom stereocenters. The Morgan fingerprint density at radius 2 is 2.07 bits per heavy atom. The summed E-state index contributed by atoms with van der Waals surface area (Å²) >= 11 is 0. The Hall–Kier alpha value is -2.74. The van der Waals surface area contributed by atoms with Crippen molar-refractivity contribution in [2.75, 3.05) is 6.54 Å². The van der Waals surface area contributed by atoms with E-state index in [1.54, 1.807) is 18.2 Å². The predicted octanol–water partition coefficient (Wildman–Crippen LogP) is 0.305. The lowest BCUT2D eigenvalue weighted by Gasteiger charge is -2.29. The molecule has 1 aromatic carbocycles. The van der Waals surface area contributed by atoms with E-state index in [9.17, 15) is 19.2 Å². The largest absolute Gasteiger partial charge is 0.352 e. The van der Waals surface area contributed by atoms with E-state index in [1.807, 2.05) is 13.8 Å². The van der Waals surface area contributed by atoms with Crippen LogP contribution in [0.15, 0.2) is 18.2 Å². The summed E-state index contributed by atoms with van der Waals surface area (Å²) in [6, 6.07) is 4.29. The van der Waals surface area contributed by atoms with Gasteiger partial charge >= 0.3 is 0 Å². The number of fused-ring (bicyclic) bond motifs is 1. The molecule has 0 spiro atoms. The van der Waals surface area contributed by atoms with E-state index < -0.39 is 11.9 Å². The van der Waals surface area contributed by atoms with E-state index >= 15 is 0 Å². The Bertz CT molecular complexity index is 812. The number of amides is 4. The van der Waals surface area contributed by atoms with Crippen molar-refractivity contribution in [1.29, 1.82) is 0 Å². The van der Waals surface area contributed by atoms with Crippen LogP contribution in [-0.2, 0) is 16.1 Å². The van der Waals surface area contributed by atoms with Gasteiger partial charge in [0.15, 0.2) is 0 Å². The molecule has 0 saturated carbocycles. The van der Waals surface area contributed by atoms with Crippen molar-refractivity contribution in [2.24, 2.45) is 5.73 Å². The number of hydrogen-bond acceptors (Lipinski definition) is 5. The van der Waals surface area contributed by atoms with Gasteiger partial charge in [-0.15, -0.1) is 0 Å². The zero-order valence-electron chi connectivity index (χ0n) is 15.5. The summed E-state index contributed by atoms with van der Waals surface area (Å²) in [5, 5.41) is 5.11. The lowest BCUT2D eigenvalue weighted by Crippen LogP contribution is -2.52. The van der Waals surface area contributed by atoms with Crippen LogP contribution in [0.5, 0.6) is 0 Å². The number of imide groups is 1. The smallest absolute Gasteiger partial charge is 0.255 e. The maximum absolute atomic E-state index is 12.8. The molecule has 2 aliphatic rings. The van der Waals surface area contributed by atoms with Crippen molar-refractivity contribution in [3.05, 3.63) is 34.9 Å². The summed E-state index contributed by atoms with van der Waals surface area (Å²) in [7, 11) is 0. The molecule has 0 radical (unpaired) electrons. The van der Waals surface area contributed by atoms with Crippen LogP contribution in [0.1, 0.15) is 59.4 Å². The van der Waals surface area contributed by atoms with Gasteiger partial charge < -0.3 is 16.0 Å². The fourth-order valence-electron chi connectivity index (χ4n) is 3.39. The molecule has 4 N–H and O–H groups in total. The Balaban J connectivity index is 1.76. The van der Waals surface area contributed by atoms with E-state index in [1.165, 1.54) is 4.90 Å². The molecule has 3 rings (SSSR count).